The number of hydrogen-bond acceptors (Lipinski definition) is 4. The lowest BCUT2D eigenvalue weighted by Crippen LogP contribution is -2.51. The Bertz CT molecular complexity index is 702. The van der Waals surface area contributed by atoms with E-state index < -0.39 is 5.41 Å². The molecular formula is C22H32N4O2. The number of nitrogens with one attached hydrogen (secondary N) is 1. The van der Waals surface area contributed by atoms with Crippen molar-refractivity contribution < 1.29 is 9.59 Å². The molecule has 1 aromatic rings. The van der Waals surface area contributed by atoms with Gasteiger partial charge < -0.3 is 15.1 Å². The summed E-state index contributed by atoms with van der Waals surface area (Å²) in [4.78, 5) is 32.5. The Labute approximate surface area is 167 Å². The van der Waals surface area contributed by atoms with Crippen molar-refractivity contribution in [3.8, 4) is 0 Å². The number of nitrogens with zero attached hydrogens (tertiary/aromatic N) is 3. The third-order valence-corrected chi connectivity index (χ3v) is 6.86. The maximum absolute atomic E-state index is 13.4. The summed E-state index contributed by atoms with van der Waals surface area (Å²) in [6.45, 7) is 9.74. The lowest BCUT2D eigenvalue weighted by molar-refractivity contribution is -0.129. The van der Waals surface area contributed by atoms with E-state index >= 15 is 0 Å². The number of fused-ring (bicyclic) bond motifs is 1. The van der Waals surface area contributed by atoms with E-state index in [1.165, 1.54) is 0 Å². The van der Waals surface area contributed by atoms with Gasteiger partial charge >= 0.3 is 0 Å². The molecule has 4 rings (SSSR count). The first-order valence-corrected chi connectivity index (χ1v) is 10.7. The van der Waals surface area contributed by atoms with Gasteiger partial charge in [-0.1, -0.05) is 37.3 Å². The molecule has 0 unspecified atom stereocenters. The van der Waals surface area contributed by atoms with Gasteiger partial charge in [0, 0.05) is 58.3 Å². The highest BCUT2D eigenvalue weighted by atomic mass is 16.2. The van der Waals surface area contributed by atoms with E-state index in [-0.39, 0.29) is 17.9 Å². The zero-order valence-corrected chi connectivity index (χ0v) is 16.9. The van der Waals surface area contributed by atoms with Gasteiger partial charge in [0.15, 0.2) is 0 Å². The summed E-state index contributed by atoms with van der Waals surface area (Å²) in [5.41, 5.74) is 0.425. The largest absolute Gasteiger partial charge is 0.354 e. The van der Waals surface area contributed by atoms with Crippen LogP contribution in [0.5, 0.6) is 0 Å². The van der Waals surface area contributed by atoms with Crippen LogP contribution in [0.15, 0.2) is 30.3 Å². The third-order valence-electron chi connectivity index (χ3n) is 6.86. The Morgan fingerprint density at radius 2 is 1.86 bits per heavy atom. The smallest absolute Gasteiger partial charge is 0.232 e. The van der Waals surface area contributed by atoms with Crippen LogP contribution in [0.2, 0.25) is 0 Å². The van der Waals surface area contributed by atoms with E-state index in [0.717, 1.165) is 57.7 Å². The molecule has 6 nitrogen and oxygen atoms in total. The number of rotatable bonds is 6. The van der Waals surface area contributed by atoms with Gasteiger partial charge in [0.05, 0.1) is 5.41 Å². The molecular weight excluding hydrogens is 352 g/mol. The Balaban J connectivity index is 1.40. The van der Waals surface area contributed by atoms with E-state index in [1.807, 2.05) is 35.2 Å². The fourth-order valence-corrected chi connectivity index (χ4v) is 5.07. The van der Waals surface area contributed by atoms with E-state index in [9.17, 15) is 9.59 Å². The monoisotopic (exact) mass is 384 g/mol. The SMILES string of the molecule is CCN1CCN(CCNC(=O)[C@@]2(c3ccccc3)C[C@@H]3CCC(=O)N3C2)CC1. The lowest BCUT2D eigenvalue weighted by atomic mass is 9.77. The second kappa shape index (κ2) is 8.21. The molecule has 3 aliphatic rings. The minimum absolute atomic E-state index is 0.0769. The van der Waals surface area contributed by atoms with Crippen molar-refractivity contribution in [1.82, 2.24) is 20.0 Å². The molecule has 0 spiro atoms. The van der Waals surface area contributed by atoms with Gasteiger partial charge in [-0.3, -0.25) is 14.5 Å². The third kappa shape index (κ3) is 3.67. The molecule has 0 aromatic heterocycles. The van der Waals surface area contributed by atoms with Crippen LogP contribution in [0.3, 0.4) is 0 Å². The molecule has 6 heteroatoms. The molecule has 2 atom stereocenters. The molecule has 152 valence electrons. The average molecular weight is 385 g/mol. The molecule has 0 aliphatic carbocycles. The fraction of sp³-hybridized carbons (Fsp3) is 0.636. The van der Waals surface area contributed by atoms with E-state index in [1.54, 1.807) is 0 Å². The first-order chi connectivity index (χ1) is 13.6. The molecule has 0 saturated carbocycles. The van der Waals surface area contributed by atoms with Crippen molar-refractivity contribution in [2.45, 2.75) is 37.6 Å². The zero-order chi connectivity index (χ0) is 19.6. The maximum atomic E-state index is 13.4. The summed E-state index contributed by atoms with van der Waals surface area (Å²) in [5, 5.41) is 3.21. The Morgan fingerprint density at radius 1 is 1.14 bits per heavy atom. The van der Waals surface area contributed by atoms with E-state index in [4.69, 9.17) is 0 Å². The lowest BCUT2D eigenvalue weighted by Gasteiger charge is -2.34. The highest BCUT2D eigenvalue weighted by molar-refractivity contribution is 5.91. The summed E-state index contributed by atoms with van der Waals surface area (Å²) in [6, 6.07) is 10.2. The van der Waals surface area contributed by atoms with Crippen LogP contribution in [-0.2, 0) is 15.0 Å². The molecule has 3 fully saturated rings. The van der Waals surface area contributed by atoms with Gasteiger partial charge in [-0.25, -0.2) is 0 Å². The van der Waals surface area contributed by atoms with Gasteiger partial charge in [-0.2, -0.15) is 0 Å². The molecule has 3 heterocycles. The Kier molecular flexibility index (Phi) is 5.69. The summed E-state index contributed by atoms with van der Waals surface area (Å²) in [7, 11) is 0. The van der Waals surface area contributed by atoms with Crippen LogP contribution in [0.4, 0.5) is 0 Å². The van der Waals surface area contributed by atoms with Gasteiger partial charge in [0.25, 0.3) is 0 Å². The van der Waals surface area contributed by atoms with E-state index in [0.29, 0.717) is 19.5 Å². The number of amides is 2. The summed E-state index contributed by atoms with van der Waals surface area (Å²) in [5.74, 6) is 0.275. The average Bonchev–Trinajstić information content (AvgIpc) is 3.29. The fourth-order valence-electron chi connectivity index (χ4n) is 5.07. The van der Waals surface area contributed by atoms with Gasteiger partial charge in [0.2, 0.25) is 11.8 Å². The minimum atomic E-state index is -0.608. The summed E-state index contributed by atoms with van der Waals surface area (Å²) < 4.78 is 0. The first kappa shape index (κ1) is 19.4. The second-order valence-electron chi connectivity index (χ2n) is 8.40. The van der Waals surface area contributed by atoms with Crippen LogP contribution in [-0.4, -0.2) is 84.9 Å². The van der Waals surface area contributed by atoms with Gasteiger partial charge in [-0.05, 0) is 24.9 Å². The normalized spacial score (nSPS) is 28.5. The number of hydrogen-bond donors (Lipinski definition) is 1. The number of benzene rings is 1. The Morgan fingerprint density at radius 3 is 2.54 bits per heavy atom. The number of carbonyl (C=O) groups is 2. The molecule has 1 aromatic carbocycles. The van der Waals surface area contributed by atoms with Crippen molar-refractivity contribution in [1.29, 1.82) is 0 Å². The van der Waals surface area contributed by atoms with Gasteiger partial charge in [-0.15, -0.1) is 0 Å². The van der Waals surface area contributed by atoms with Crippen molar-refractivity contribution >= 4 is 11.8 Å². The molecule has 0 bridgehead atoms. The quantitative estimate of drug-likeness (QED) is 0.797. The number of piperazine rings is 1. The maximum Gasteiger partial charge on any atom is 0.232 e. The predicted octanol–water partition coefficient (Wildman–Crippen LogP) is 1.07. The van der Waals surface area contributed by atoms with Crippen LogP contribution in [0.1, 0.15) is 31.7 Å². The molecule has 3 saturated heterocycles. The molecule has 3 aliphatic heterocycles. The highest BCUT2D eigenvalue weighted by Gasteiger charge is 2.53. The predicted molar refractivity (Wildman–Crippen MR) is 109 cm³/mol. The number of likely N-dealkylation sites (N-methyl/N-ethyl adjacent to an activating group) is 1. The first-order valence-electron chi connectivity index (χ1n) is 10.7. The molecule has 0 radical (unpaired) electrons. The van der Waals surface area contributed by atoms with Crippen molar-refractivity contribution in [2.24, 2.45) is 0 Å². The summed E-state index contributed by atoms with van der Waals surface area (Å²) >= 11 is 0. The van der Waals surface area contributed by atoms with E-state index in [2.05, 4.69) is 22.0 Å². The topological polar surface area (TPSA) is 55.9 Å². The van der Waals surface area contributed by atoms with Crippen molar-refractivity contribution in [3.05, 3.63) is 35.9 Å². The molecule has 1 N–H and O–H groups in total. The van der Waals surface area contributed by atoms with Crippen LogP contribution in [0, 0.1) is 0 Å². The van der Waals surface area contributed by atoms with Crippen molar-refractivity contribution in [2.75, 3.05) is 52.4 Å². The molecule has 28 heavy (non-hydrogen) atoms. The number of carbonyl (C=O) groups excluding carboxylic acids is 2. The minimum Gasteiger partial charge on any atom is -0.354 e. The van der Waals surface area contributed by atoms with Crippen molar-refractivity contribution in [3.63, 3.8) is 0 Å². The Hall–Kier alpha value is -1.92. The van der Waals surface area contributed by atoms with Crippen LogP contribution >= 0.6 is 0 Å². The zero-order valence-electron chi connectivity index (χ0n) is 16.9. The summed E-state index contributed by atoms with van der Waals surface area (Å²) in [6.07, 6.45) is 2.24. The van der Waals surface area contributed by atoms with Crippen LogP contribution in [0.25, 0.3) is 0 Å². The van der Waals surface area contributed by atoms with Crippen LogP contribution < -0.4 is 5.32 Å². The van der Waals surface area contributed by atoms with Gasteiger partial charge in [0.1, 0.15) is 0 Å². The standard InChI is InChI=1S/C22H32N4O2/c1-2-24-12-14-25(15-13-24)11-10-23-21(28)22(18-6-4-3-5-7-18)16-19-8-9-20(27)26(19)17-22/h3-7,19H,2,8-17H2,1H3,(H,23,28)/t19-,22-/m0/s1. The highest BCUT2D eigenvalue weighted by Crippen LogP contribution is 2.42. The molecule has 2 amide bonds. The second-order valence-corrected chi connectivity index (χ2v) is 8.40.